The van der Waals surface area contributed by atoms with Gasteiger partial charge >= 0.3 is 0 Å². The number of anilines is 1. The van der Waals surface area contributed by atoms with Gasteiger partial charge in [0.1, 0.15) is 0 Å². The zero-order valence-electron chi connectivity index (χ0n) is 17.5. The van der Waals surface area contributed by atoms with Crippen LogP contribution in [0.4, 0.5) is 5.69 Å². The Morgan fingerprint density at radius 2 is 1.97 bits per heavy atom. The number of unbranched alkanes of at least 4 members (excludes halogenated alkanes) is 1. The van der Waals surface area contributed by atoms with Crippen LogP contribution in [0.2, 0.25) is 0 Å². The highest BCUT2D eigenvalue weighted by Crippen LogP contribution is 2.40. The molecule has 3 rings (SSSR count). The number of aryl methyl sites for hydroxylation is 2. The summed E-state index contributed by atoms with van der Waals surface area (Å²) < 4.78 is 36.6. The van der Waals surface area contributed by atoms with E-state index < -0.39 is 27.4 Å². The molecule has 1 amide bonds. The number of nitrogens with zero attached hydrogens (tertiary/aromatic N) is 1. The molecule has 0 bridgehead atoms. The van der Waals surface area contributed by atoms with Crippen molar-refractivity contribution in [2.45, 2.75) is 37.2 Å². The summed E-state index contributed by atoms with van der Waals surface area (Å²) in [6.07, 6.45) is 4.48. The molecular formula is C21H26N2O6S. The number of pyridine rings is 1. The van der Waals surface area contributed by atoms with Gasteiger partial charge in [0.25, 0.3) is 11.5 Å². The maximum absolute atomic E-state index is 12.6. The van der Waals surface area contributed by atoms with Gasteiger partial charge in [-0.05, 0) is 36.1 Å². The summed E-state index contributed by atoms with van der Waals surface area (Å²) >= 11 is 0. The number of nitrogens with one attached hydrogen (secondary N) is 1. The second kappa shape index (κ2) is 8.61. The molecular weight excluding hydrogens is 408 g/mol. The van der Waals surface area contributed by atoms with Gasteiger partial charge in [0.2, 0.25) is 6.10 Å². The predicted octanol–water partition coefficient (Wildman–Crippen LogP) is 2.14. The third kappa shape index (κ3) is 4.27. The second-order valence-corrected chi connectivity index (χ2v) is 9.42. The highest BCUT2D eigenvalue weighted by atomic mass is 32.2. The van der Waals surface area contributed by atoms with Gasteiger partial charge in [0, 0.05) is 32.2 Å². The number of hydrogen-bond donors (Lipinski definition) is 1. The van der Waals surface area contributed by atoms with Crippen molar-refractivity contribution >= 4 is 21.4 Å². The molecule has 0 saturated carbocycles. The molecule has 1 atom stereocenters. The Bertz CT molecular complexity index is 1140. The topological polar surface area (TPSA) is 104 Å². The first-order chi connectivity index (χ1) is 14.2. The van der Waals surface area contributed by atoms with Crippen molar-refractivity contribution in [1.29, 1.82) is 0 Å². The number of amides is 1. The first-order valence-corrected chi connectivity index (χ1v) is 11.6. The van der Waals surface area contributed by atoms with Crippen molar-refractivity contribution in [3.05, 3.63) is 40.3 Å². The van der Waals surface area contributed by atoms with E-state index in [1.54, 1.807) is 31.4 Å². The summed E-state index contributed by atoms with van der Waals surface area (Å²) in [4.78, 5) is 25.1. The van der Waals surface area contributed by atoms with E-state index in [0.29, 0.717) is 11.1 Å². The average Bonchev–Trinajstić information content (AvgIpc) is 2.69. The van der Waals surface area contributed by atoms with Crippen LogP contribution in [0.15, 0.2) is 34.1 Å². The van der Waals surface area contributed by atoms with Gasteiger partial charge in [0.05, 0.1) is 11.5 Å². The van der Waals surface area contributed by atoms with Crippen LogP contribution in [0.5, 0.6) is 5.75 Å². The second-order valence-electron chi connectivity index (χ2n) is 7.41. The Balaban J connectivity index is 2.27. The van der Waals surface area contributed by atoms with Crippen LogP contribution < -0.4 is 15.6 Å². The van der Waals surface area contributed by atoms with E-state index in [2.05, 4.69) is 12.2 Å². The molecule has 1 aliphatic heterocycles. The van der Waals surface area contributed by atoms with Gasteiger partial charge in [-0.15, -0.1) is 0 Å². The van der Waals surface area contributed by atoms with Crippen LogP contribution in [0.1, 0.15) is 25.3 Å². The van der Waals surface area contributed by atoms with Crippen molar-refractivity contribution in [3.8, 4) is 16.9 Å². The monoisotopic (exact) mass is 434 g/mol. The van der Waals surface area contributed by atoms with Gasteiger partial charge in [-0.1, -0.05) is 19.4 Å². The molecule has 8 nitrogen and oxygen atoms in total. The Hall–Kier alpha value is -2.65. The number of carbonyl (C=O) groups excluding carboxylic acids is 1. The molecule has 30 heavy (non-hydrogen) atoms. The molecule has 0 radical (unpaired) electrons. The first-order valence-electron chi connectivity index (χ1n) is 9.70. The number of ether oxygens (including phenoxy) is 2. The van der Waals surface area contributed by atoms with Gasteiger partial charge < -0.3 is 19.4 Å². The van der Waals surface area contributed by atoms with E-state index in [1.165, 1.54) is 11.7 Å². The van der Waals surface area contributed by atoms with Crippen LogP contribution in [0.3, 0.4) is 0 Å². The fraction of sp³-hybridized carbons (Fsp3) is 0.429. The highest BCUT2D eigenvalue weighted by molar-refractivity contribution is 7.90. The lowest BCUT2D eigenvalue weighted by atomic mass is 9.95. The molecule has 1 aromatic heterocycles. The van der Waals surface area contributed by atoms with E-state index in [4.69, 9.17) is 9.47 Å². The Morgan fingerprint density at radius 1 is 1.23 bits per heavy atom. The number of hydrogen-bond acceptors (Lipinski definition) is 6. The summed E-state index contributed by atoms with van der Waals surface area (Å²) in [6.45, 7) is 2.10. The number of methoxy groups -OCH3 is 1. The van der Waals surface area contributed by atoms with E-state index in [0.717, 1.165) is 31.1 Å². The molecule has 0 aliphatic carbocycles. The SMILES string of the molecule is CCCCc1ccc(S(C)(=O)=O)cc1-c1cn(C)c(=O)c2c1OC(COC)C(=O)N2. The van der Waals surface area contributed by atoms with Crippen LogP contribution in [0, 0.1) is 0 Å². The normalized spacial score (nSPS) is 16.0. The molecule has 0 fully saturated rings. The third-order valence-corrected chi connectivity index (χ3v) is 6.16. The van der Waals surface area contributed by atoms with E-state index in [-0.39, 0.29) is 22.9 Å². The molecule has 0 saturated heterocycles. The Kier molecular flexibility index (Phi) is 6.33. The van der Waals surface area contributed by atoms with Crippen LogP contribution in [-0.4, -0.2) is 45.0 Å². The Labute approximate surface area is 175 Å². The fourth-order valence-electron chi connectivity index (χ4n) is 3.43. The largest absolute Gasteiger partial charge is 0.475 e. The molecule has 1 N–H and O–H groups in total. The minimum Gasteiger partial charge on any atom is -0.475 e. The first kappa shape index (κ1) is 22.0. The molecule has 9 heteroatoms. The zero-order valence-corrected chi connectivity index (χ0v) is 18.3. The quantitative estimate of drug-likeness (QED) is 0.716. The van der Waals surface area contributed by atoms with Gasteiger partial charge in [-0.3, -0.25) is 9.59 Å². The van der Waals surface area contributed by atoms with Crippen molar-refractivity contribution in [1.82, 2.24) is 4.57 Å². The minimum atomic E-state index is -3.44. The zero-order chi connectivity index (χ0) is 22.1. The van der Waals surface area contributed by atoms with Gasteiger partial charge in [-0.2, -0.15) is 0 Å². The van der Waals surface area contributed by atoms with Gasteiger partial charge in [-0.25, -0.2) is 8.42 Å². The lowest BCUT2D eigenvalue weighted by Crippen LogP contribution is -2.43. The maximum atomic E-state index is 12.6. The summed E-state index contributed by atoms with van der Waals surface area (Å²) in [5.41, 5.74) is 1.77. The molecule has 162 valence electrons. The average molecular weight is 435 g/mol. The number of sulfone groups is 1. The predicted molar refractivity (Wildman–Crippen MR) is 114 cm³/mol. The standard InChI is InChI=1S/C21H26N2O6S/c1-5-6-7-13-8-9-14(30(4,26)27)10-15(13)16-11-23(2)21(25)18-19(16)29-17(12-28-3)20(24)22-18/h8-11,17H,5-7,12H2,1-4H3,(H,22,24). The van der Waals surface area contributed by atoms with Gasteiger partial charge in [0.15, 0.2) is 21.3 Å². The van der Waals surface area contributed by atoms with Crippen LogP contribution in [0.25, 0.3) is 11.1 Å². The van der Waals surface area contributed by atoms with Crippen molar-refractivity contribution in [2.75, 3.05) is 25.3 Å². The molecule has 1 aliphatic rings. The summed E-state index contributed by atoms with van der Waals surface area (Å²) in [5.74, 6) is -0.238. The lowest BCUT2D eigenvalue weighted by molar-refractivity contribution is -0.125. The fourth-order valence-corrected chi connectivity index (χ4v) is 4.07. The minimum absolute atomic E-state index is 0.0198. The molecule has 1 aromatic carbocycles. The summed E-state index contributed by atoms with van der Waals surface area (Å²) in [6, 6.07) is 4.99. The smallest absolute Gasteiger partial charge is 0.277 e. The molecule has 2 aromatic rings. The number of rotatable bonds is 7. The van der Waals surface area contributed by atoms with E-state index in [9.17, 15) is 18.0 Å². The maximum Gasteiger partial charge on any atom is 0.277 e. The molecule has 1 unspecified atom stereocenters. The lowest BCUT2D eigenvalue weighted by Gasteiger charge is -2.28. The third-order valence-electron chi connectivity index (χ3n) is 5.05. The van der Waals surface area contributed by atoms with Crippen molar-refractivity contribution < 1.29 is 22.7 Å². The number of aromatic nitrogens is 1. The Morgan fingerprint density at radius 3 is 2.60 bits per heavy atom. The number of benzene rings is 1. The highest BCUT2D eigenvalue weighted by Gasteiger charge is 2.32. The molecule has 2 heterocycles. The summed E-state index contributed by atoms with van der Waals surface area (Å²) in [5, 5.41) is 2.63. The van der Waals surface area contributed by atoms with E-state index >= 15 is 0 Å². The number of fused-ring (bicyclic) bond motifs is 1. The summed E-state index contributed by atoms with van der Waals surface area (Å²) in [7, 11) is -0.408. The van der Waals surface area contributed by atoms with Crippen molar-refractivity contribution in [3.63, 3.8) is 0 Å². The van der Waals surface area contributed by atoms with Crippen molar-refractivity contribution in [2.24, 2.45) is 7.05 Å². The van der Waals surface area contributed by atoms with E-state index in [1.807, 2.05) is 0 Å². The number of carbonyl (C=O) groups is 1. The van der Waals surface area contributed by atoms with Crippen LogP contribution in [-0.2, 0) is 32.8 Å². The molecule has 0 spiro atoms. The van der Waals surface area contributed by atoms with Crippen LogP contribution >= 0.6 is 0 Å².